The van der Waals surface area contributed by atoms with Crippen molar-refractivity contribution in [2.75, 3.05) is 19.8 Å². The van der Waals surface area contributed by atoms with E-state index in [1.54, 1.807) is 12.1 Å². The summed E-state index contributed by atoms with van der Waals surface area (Å²) in [6.45, 7) is 5.95. The molecule has 2 heterocycles. The largest absolute Gasteiger partial charge is 0.507 e. The van der Waals surface area contributed by atoms with Crippen LogP contribution in [0.1, 0.15) is 53.5 Å². The number of nitrogens with zero attached hydrogens (tertiary/aromatic N) is 2. The molecule has 1 unspecified atom stereocenters. The monoisotopic (exact) mass is 405 g/mol. The van der Waals surface area contributed by atoms with Gasteiger partial charge in [-0.2, -0.15) is 5.10 Å². The molecule has 0 saturated carbocycles. The van der Waals surface area contributed by atoms with Gasteiger partial charge in [0.1, 0.15) is 17.1 Å². The highest BCUT2D eigenvalue weighted by Crippen LogP contribution is 2.44. The number of rotatable bonds is 8. The quantitative estimate of drug-likeness (QED) is 0.547. The Bertz CT molecular complexity index is 1030. The molecule has 1 aliphatic rings. The van der Waals surface area contributed by atoms with E-state index >= 15 is 0 Å². The third kappa shape index (κ3) is 3.59. The third-order valence-electron chi connectivity index (χ3n) is 5.62. The second kappa shape index (κ2) is 8.71. The van der Waals surface area contributed by atoms with Crippen molar-refractivity contribution in [3.05, 3.63) is 70.9 Å². The molecule has 6 nitrogen and oxygen atoms in total. The van der Waals surface area contributed by atoms with Crippen LogP contribution in [-0.2, 0) is 11.2 Å². The molecule has 4 rings (SSSR count). The number of aromatic amines is 1. The summed E-state index contributed by atoms with van der Waals surface area (Å²) in [6, 6.07) is 15.2. The summed E-state index contributed by atoms with van der Waals surface area (Å²) in [5.41, 5.74) is 4.84. The molecule has 0 spiro atoms. The number of fused-ring (bicyclic) bond motifs is 1. The van der Waals surface area contributed by atoms with Crippen LogP contribution in [0.4, 0.5) is 0 Å². The van der Waals surface area contributed by atoms with Crippen LogP contribution in [0, 0.1) is 0 Å². The first kappa shape index (κ1) is 20.2. The van der Waals surface area contributed by atoms with Crippen LogP contribution >= 0.6 is 0 Å². The Labute approximate surface area is 176 Å². The highest BCUT2D eigenvalue weighted by Gasteiger charge is 2.42. The van der Waals surface area contributed by atoms with E-state index in [-0.39, 0.29) is 17.7 Å². The number of ether oxygens (including phenoxy) is 1. The summed E-state index contributed by atoms with van der Waals surface area (Å²) in [5.74, 6) is 0.0781. The molecule has 6 heteroatoms. The van der Waals surface area contributed by atoms with Crippen molar-refractivity contribution >= 4 is 5.91 Å². The topological polar surface area (TPSA) is 78.5 Å². The normalized spacial score (nSPS) is 15.6. The maximum absolute atomic E-state index is 13.2. The van der Waals surface area contributed by atoms with Crippen LogP contribution in [0.2, 0.25) is 0 Å². The smallest absolute Gasteiger partial charge is 0.273 e. The predicted octanol–water partition coefficient (Wildman–Crippen LogP) is 4.32. The second-order valence-electron chi connectivity index (χ2n) is 7.42. The number of hydrogen-bond donors (Lipinski definition) is 2. The molecule has 0 saturated heterocycles. The van der Waals surface area contributed by atoms with Gasteiger partial charge in [0.25, 0.3) is 5.91 Å². The predicted molar refractivity (Wildman–Crippen MR) is 115 cm³/mol. The Kier molecular flexibility index (Phi) is 5.86. The first-order valence-corrected chi connectivity index (χ1v) is 10.5. The molecule has 156 valence electrons. The fourth-order valence-electron chi connectivity index (χ4n) is 4.07. The number of aromatic nitrogens is 2. The van der Waals surface area contributed by atoms with Crippen LogP contribution in [0.25, 0.3) is 11.3 Å². The average molecular weight is 405 g/mol. The highest BCUT2D eigenvalue weighted by atomic mass is 16.5. The van der Waals surface area contributed by atoms with Gasteiger partial charge in [-0.05, 0) is 43.0 Å². The molecule has 30 heavy (non-hydrogen) atoms. The van der Waals surface area contributed by atoms with Gasteiger partial charge in [-0.1, -0.05) is 43.3 Å². The van der Waals surface area contributed by atoms with Crippen molar-refractivity contribution in [2.24, 2.45) is 0 Å². The van der Waals surface area contributed by atoms with Crippen molar-refractivity contribution in [3.8, 4) is 17.0 Å². The van der Waals surface area contributed by atoms with Crippen molar-refractivity contribution in [1.82, 2.24) is 15.1 Å². The molecule has 1 amide bonds. The van der Waals surface area contributed by atoms with Gasteiger partial charge in [0, 0.05) is 30.9 Å². The lowest BCUT2D eigenvalue weighted by Crippen LogP contribution is -2.31. The number of amides is 1. The maximum atomic E-state index is 13.2. The zero-order chi connectivity index (χ0) is 21.1. The molecule has 0 fully saturated rings. The summed E-state index contributed by atoms with van der Waals surface area (Å²) in [6.07, 6.45) is 1.72. The Morgan fingerprint density at radius 3 is 2.60 bits per heavy atom. The molecule has 1 atom stereocenters. The number of benzene rings is 2. The van der Waals surface area contributed by atoms with Gasteiger partial charge in [-0.25, -0.2) is 0 Å². The van der Waals surface area contributed by atoms with E-state index in [0.29, 0.717) is 36.7 Å². The minimum absolute atomic E-state index is 0.0692. The molecule has 0 aliphatic carbocycles. The summed E-state index contributed by atoms with van der Waals surface area (Å²) in [5, 5.41) is 17.7. The van der Waals surface area contributed by atoms with Crippen molar-refractivity contribution in [1.29, 1.82) is 0 Å². The van der Waals surface area contributed by atoms with Crippen molar-refractivity contribution in [3.63, 3.8) is 0 Å². The van der Waals surface area contributed by atoms with E-state index in [1.807, 2.05) is 24.0 Å². The molecule has 2 N–H and O–H groups in total. The van der Waals surface area contributed by atoms with E-state index in [2.05, 4.69) is 41.4 Å². The summed E-state index contributed by atoms with van der Waals surface area (Å²) >= 11 is 0. The van der Waals surface area contributed by atoms with E-state index in [9.17, 15) is 9.90 Å². The molecule has 0 bridgehead atoms. The lowest BCUT2D eigenvalue weighted by molar-refractivity contribution is 0.0710. The first-order chi connectivity index (χ1) is 14.7. The number of carbonyl (C=O) groups is 1. The van der Waals surface area contributed by atoms with E-state index in [1.165, 1.54) is 5.56 Å². The number of nitrogens with one attached hydrogen (secondary N) is 1. The third-order valence-corrected chi connectivity index (χ3v) is 5.62. The van der Waals surface area contributed by atoms with Crippen LogP contribution in [-0.4, -0.2) is 45.9 Å². The number of aryl methyl sites for hydroxylation is 1. The number of H-pyrrole nitrogens is 1. The molecule has 2 aromatic carbocycles. The molecular formula is C24H27N3O3. The lowest BCUT2D eigenvalue weighted by Gasteiger charge is -2.26. The minimum Gasteiger partial charge on any atom is -0.507 e. The maximum Gasteiger partial charge on any atom is 0.273 e. The molecule has 3 aromatic rings. The number of hydrogen-bond acceptors (Lipinski definition) is 4. The van der Waals surface area contributed by atoms with E-state index < -0.39 is 0 Å². The molecular weight excluding hydrogens is 378 g/mol. The van der Waals surface area contributed by atoms with Gasteiger partial charge in [-0.3, -0.25) is 9.89 Å². The molecule has 1 aromatic heterocycles. The molecule has 0 radical (unpaired) electrons. The Hall–Kier alpha value is -3.12. The number of phenolic OH excluding ortho intramolecular Hbond substituents is 1. The van der Waals surface area contributed by atoms with Gasteiger partial charge in [0.15, 0.2) is 0 Å². The van der Waals surface area contributed by atoms with E-state index in [4.69, 9.17) is 4.74 Å². The Morgan fingerprint density at radius 1 is 1.13 bits per heavy atom. The first-order valence-electron chi connectivity index (χ1n) is 10.5. The molecule has 1 aliphatic heterocycles. The zero-order valence-electron chi connectivity index (χ0n) is 17.4. The summed E-state index contributed by atoms with van der Waals surface area (Å²) in [7, 11) is 0. The van der Waals surface area contributed by atoms with Crippen LogP contribution < -0.4 is 0 Å². The van der Waals surface area contributed by atoms with Gasteiger partial charge in [0.2, 0.25) is 0 Å². The average Bonchev–Trinajstić information content (AvgIpc) is 3.31. The number of carbonyl (C=O) groups excluding carboxylic acids is 1. The highest BCUT2D eigenvalue weighted by molar-refractivity contribution is 6.00. The van der Waals surface area contributed by atoms with Crippen LogP contribution in [0.5, 0.6) is 5.75 Å². The van der Waals surface area contributed by atoms with Gasteiger partial charge in [0.05, 0.1) is 6.04 Å². The van der Waals surface area contributed by atoms with Gasteiger partial charge < -0.3 is 14.7 Å². The number of para-hydroxylation sites is 1. The van der Waals surface area contributed by atoms with Crippen LogP contribution in [0.15, 0.2) is 48.5 Å². The van der Waals surface area contributed by atoms with Crippen molar-refractivity contribution in [2.45, 2.75) is 32.7 Å². The number of aromatic hydroxyl groups is 1. The summed E-state index contributed by atoms with van der Waals surface area (Å²) < 4.78 is 5.48. The minimum atomic E-state index is -0.256. The Balaban J connectivity index is 1.77. The second-order valence-corrected chi connectivity index (χ2v) is 7.42. The SMILES string of the molecule is CCOCCCN1C(=O)c2[nH]nc(-c3ccccc3O)c2C1c1ccc(CC)cc1. The fraction of sp³-hybridized carbons (Fsp3) is 0.333. The standard InChI is InChI=1S/C24H27N3O3/c1-3-16-10-12-17(13-11-16)23-20-21(18-8-5-6-9-19(18)28)25-26-22(20)24(29)27(23)14-7-15-30-4-2/h5-6,8-13,23,28H,3-4,7,14-15H2,1-2H3,(H,25,26). The van der Waals surface area contributed by atoms with Crippen LogP contribution in [0.3, 0.4) is 0 Å². The zero-order valence-corrected chi connectivity index (χ0v) is 17.4. The number of phenols is 1. The van der Waals surface area contributed by atoms with E-state index in [0.717, 1.165) is 24.0 Å². The summed E-state index contributed by atoms with van der Waals surface area (Å²) in [4.78, 5) is 15.1. The lowest BCUT2D eigenvalue weighted by atomic mass is 9.95. The Morgan fingerprint density at radius 2 is 1.90 bits per heavy atom. The fourth-order valence-corrected chi connectivity index (χ4v) is 4.07. The van der Waals surface area contributed by atoms with Crippen molar-refractivity contribution < 1.29 is 14.6 Å². The van der Waals surface area contributed by atoms with Gasteiger partial charge >= 0.3 is 0 Å². The van der Waals surface area contributed by atoms with Gasteiger partial charge in [-0.15, -0.1) is 0 Å².